The first kappa shape index (κ1) is 23.8. The first-order valence-electron chi connectivity index (χ1n) is 13.7. The Morgan fingerprint density at radius 3 is 2.53 bits per heavy atom. The molecule has 5 atom stereocenters. The molecule has 0 aliphatic heterocycles. The van der Waals surface area contributed by atoms with E-state index >= 15 is 0 Å². The van der Waals surface area contributed by atoms with Crippen molar-refractivity contribution in [2.45, 2.75) is 104 Å². The quantitative estimate of drug-likeness (QED) is 0.276. The van der Waals surface area contributed by atoms with Crippen LogP contribution in [0.5, 0.6) is 5.75 Å². The van der Waals surface area contributed by atoms with Gasteiger partial charge < -0.3 is 4.74 Å². The number of hydrogen-bond acceptors (Lipinski definition) is 1. The van der Waals surface area contributed by atoms with E-state index in [1.165, 1.54) is 76.2 Å². The molecule has 0 radical (unpaired) electrons. The minimum Gasteiger partial charge on any atom is -0.486 e. The first-order chi connectivity index (χ1) is 15.7. The summed E-state index contributed by atoms with van der Waals surface area (Å²) < 4.78 is 20.6. The highest BCUT2D eigenvalue weighted by molar-refractivity contribution is 5.39. The van der Waals surface area contributed by atoms with Crippen LogP contribution in [0.25, 0.3) is 0 Å². The van der Waals surface area contributed by atoms with E-state index in [9.17, 15) is 4.39 Å². The Hall–Kier alpha value is -1.31. The molecule has 5 unspecified atom stereocenters. The number of ether oxygens (including phenoxy) is 1. The molecule has 1 aromatic rings. The zero-order valence-electron chi connectivity index (χ0n) is 20.6. The number of hydrogen-bond donors (Lipinski definition) is 0. The Morgan fingerprint density at radius 2 is 1.72 bits per heavy atom. The summed E-state index contributed by atoms with van der Waals surface area (Å²) in [6.45, 7) is 4.71. The van der Waals surface area contributed by atoms with Crippen molar-refractivity contribution in [1.29, 1.82) is 0 Å². The number of rotatable bonds is 9. The van der Waals surface area contributed by atoms with E-state index in [4.69, 9.17) is 4.74 Å². The van der Waals surface area contributed by atoms with Crippen LogP contribution >= 0.6 is 0 Å². The normalized spacial score (nSPS) is 30.2. The molecule has 1 nitrogen and oxygen atoms in total. The Kier molecular flexibility index (Phi) is 8.72. The lowest BCUT2D eigenvalue weighted by Gasteiger charge is -2.45. The molecule has 2 saturated carbocycles. The predicted octanol–water partition coefficient (Wildman–Crippen LogP) is 8.69. The molecule has 0 saturated heterocycles. The number of fused-ring (bicyclic) bond motifs is 2. The second kappa shape index (κ2) is 11.7. The van der Waals surface area contributed by atoms with Crippen LogP contribution in [0.3, 0.4) is 0 Å². The maximum absolute atomic E-state index is 15.0. The van der Waals surface area contributed by atoms with Crippen LogP contribution < -0.4 is 4.74 Å². The fourth-order valence-corrected chi connectivity index (χ4v) is 7.14. The molecule has 3 aliphatic carbocycles. The molecule has 4 rings (SSSR count). The highest BCUT2D eigenvalue weighted by Crippen LogP contribution is 2.49. The average Bonchev–Trinajstić information content (AvgIpc) is 2.83. The zero-order chi connectivity index (χ0) is 22.3. The lowest BCUT2D eigenvalue weighted by molar-refractivity contribution is 0.0688. The molecular weight excluding hydrogens is 395 g/mol. The minimum absolute atomic E-state index is 0.105. The molecule has 0 N–H and O–H groups in total. The van der Waals surface area contributed by atoms with E-state index in [-0.39, 0.29) is 5.82 Å². The van der Waals surface area contributed by atoms with Gasteiger partial charge in [0.05, 0.1) is 0 Å². The van der Waals surface area contributed by atoms with Gasteiger partial charge in [-0.2, -0.15) is 0 Å². The third-order valence-corrected chi connectivity index (χ3v) is 9.02. The topological polar surface area (TPSA) is 9.23 Å². The summed E-state index contributed by atoms with van der Waals surface area (Å²) >= 11 is 0. The van der Waals surface area contributed by atoms with Crippen LogP contribution in [0.1, 0.15) is 102 Å². The van der Waals surface area contributed by atoms with Gasteiger partial charge in [0.25, 0.3) is 0 Å². The largest absolute Gasteiger partial charge is 0.486 e. The summed E-state index contributed by atoms with van der Waals surface area (Å²) in [5.41, 5.74) is 2.17. The smallest absolute Gasteiger partial charge is 0.168 e. The third-order valence-electron chi connectivity index (χ3n) is 9.02. The molecule has 2 fully saturated rings. The zero-order valence-corrected chi connectivity index (χ0v) is 20.6. The molecular formula is C30H45FO. The highest BCUT2D eigenvalue weighted by atomic mass is 19.1. The number of halogens is 1. The van der Waals surface area contributed by atoms with Crippen molar-refractivity contribution in [3.8, 4) is 5.75 Å². The SMILES string of the molecule is C/C=C/COc1ccc2c(c1F)CCC(C1CCC3CC(CCCCCC)CCC3C1)C2. The molecule has 32 heavy (non-hydrogen) atoms. The standard InChI is InChI=1S/C30H45FO/c1-3-5-7-8-9-22-10-11-24-20-25(13-12-23(24)19-22)26-14-16-28-27(21-26)15-17-29(30(28)31)32-18-6-4-2/h4,6,15,17,22-26H,3,5,7-14,16,18-21H2,1-2H3/b6-4+. The third kappa shape index (κ3) is 5.78. The summed E-state index contributed by atoms with van der Waals surface area (Å²) in [4.78, 5) is 0. The van der Waals surface area contributed by atoms with Gasteiger partial charge in [0.1, 0.15) is 6.61 Å². The summed E-state index contributed by atoms with van der Waals surface area (Å²) in [7, 11) is 0. The number of allylic oxidation sites excluding steroid dienone is 1. The van der Waals surface area contributed by atoms with Crippen molar-refractivity contribution in [2.24, 2.45) is 29.6 Å². The maximum Gasteiger partial charge on any atom is 0.168 e. The second-order valence-corrected chi connectivity index (χ2v) is 11.0. The van der Waals surface area contributed by atoms with Crippen LogP contribution in [0.15, 0.2) is 24.3 Å². The number of unbranched alkanes of at least 4 members (excludes halogenated alkanes) is 3. The van der Waals surface area contributed by atoms with E-state index in [0.29, 0.717) is 12.4 Å². The van der Waals surface area contributed by atoms with Crippen molar-refractivity contribution < 1.29 is 9.13 Å². The fraction of sp³-hybridized carbons (Fsp3) is 0.733. The van der Waals surface area contributed by atoms with Gasteiger partial charge in [-0.05, 0) is 105 Å². The average molecular weight is 441 g/mol. The minimum atomic E-state index is -0.105. The van der Waals surface area contributed by atoms with Gasteiger partial charge in [0.2, 0.25) is 0 Å². The Balaban J connectivity index is 1.28. The van der Waals surface area contributed by atoms with Crippen molar-refractivity contribution in [3.05, 3.63) is 41.2 Å². The molecule has 0 heterocycles. The fourth-order valence-electron chi connectivity index (χ4n) is 7.14. The van der Waals surface area contributed by atoms with Gasteiger partial charge in [0.15, 0.2) is 11.6 Å². The van der Waals surface area contributed by atoms with Crippen LogP contribution in [0.2, 0.25) is 0 Å². The summed E-state index contributed by atoms with van der Waals surface area (Å²) in [6, 6.07) is 4.00. The van der Waals surface area contributed by atoms with Gasteiger partial charge in [-0.1, -0.05) is 63.7 Å². The highest BCUT2D eigenvalue weighted by Gasteiger charge is 2.38. The Labute approximate surface area is 196 Å². The molecule has 0 amide bonds. The van der Waals surface area contributed by atoms with Gasteiger partial charge in [-0.15, -0.1) is 0 Å². The van der Waals surface area contributed by atoms with Crippen LogP contribution in [-0.2, 0) is 12.8 Å². The van der Waals surface area contributed by atoms with Crippen molar-refractivity contribution in [3.63, 3.8) is 0 Å². The van der Waals surface area contributed by atoms with E-state index in [1.807, 2.05) is 25.1 Å². The van der Waals surface area contributed by atoms with Gasteiger partial charge in [-0.25, -0.2) is 4.39 Å². The van der Waals surface area contributed by atoms with E-state index in [2.05, 4.69) is 13.0 Å². The predicted molar refractivity (Wildman–Crippen MR) is 133 cm³/mol. The lowest BCUT2D eigenvalue weighted by atomic mass is 9.61. The molecule has 178 valence electrons. The second-order valence-electron chi connectivity index (χ2n) is 11.0. The molecule has 0 spiro atoms. The van der Waals surface area contributed by atoms with Gasteiger partial charge in [-0.3, -0.25) is 0 Å². The van der Waals surface area contributed by atoms with Crippen molar-refractivity contribution in [2.75, 3.05) is 6.61 Å². The Bertz CT molecular complexity index is 753. The summed E-state index contributed by atoms with van der Waals surface area (Å²) in [5.74, 6) is 4.92. The summed E-state index contributed by atoms with van der Waals surface area (Å²) in [6.07, 6.45) is 22.9. The van der Waals surface area contributed by atoms with Crippen LogP contribution in [0.4, 0.5) is 4.39 Å². The molecule has 1 aromatic carbocycles. The van der Waals surface area contributed by atoms with Gasteiger partial charge >= 0.3 is 0 Å². The molecule has 3 aliphatic rings. The first-order valence-corrected chi connectivity index (χ1v) is 13.7. The molecule has 0 aromatic heterocycles. The molecule has 0 bridgehead atoms. The molecule has 2 heteroatoms. The monoisotopic (exact) mass is 440 g/mol. The number of benzene rings is 1. The lowest BCUT2D eigenvalue weighted by Crippen LogP contribution is -2.35. The Morgan fingerprint density at radius 1 is 0.938 bits per heavy atom. The van der Waals surface area contributed by atoms with Crippen molar-refractivity contribution >= 4 is 0 Å². The van der Waals surface area contributed by atoms with Gasteiger partial charge in [0, 0.05) is 0 Å². The van der Waals surface area contributed by atoms with E-state index in [1.54, 1.807) is 0 Å². The van der Waals surface area contributed by atoms with Crippen LogP contribution in [0, 0.1) is 35.4 Å². The van der Waals surface area contributed by atoms with E-state index in [0.717, 1.165) is 54.4 Å². The van der Waals surface area contributed by atoms with Crippen molar-refractivity contribution in [1.82, 2.24) is 0 Å². The summed E-state index contributed by atoms with van der Waals surface area (Å²) in [5, 5.41) is 0. The van der Waals surface area contributed by atoms with Crippen LogP contribution in [-0.4, -0.2) is 6.61 Å². The van der Waals surface area contributed by atoms with E-state index < -0.39 is 0 Å². The maximum atomic E-state index is 15.0.